The number of rotatable bonds is 9. The van der Waals surface area contributed by atoms with Gasteiger partial charge in [-0.1, -0.05) is 38.2 Å². The second-order valence-corrected chi connectivity index (χ2v) is 5.14. The van der Waals surface area contributed by atoms with Gasteiger partial charge in [-0.3, -0.25) is 0 Å². The highest BCUT2D eigenvalue weighted by Gasteiger charge is 2.12. The van der Waals surface area contributed by atoms with E-state index in [4.69, 9.17) is 14.6 Å². The van der Waals surface area contributed by atoms with Crippen LogP contribution in [0.1, 0.15) is 50.5 Å². The van der Waals surface area contributed by atoms with Gasteiger partial charge in [0.2, 0.25) is 6.79 Å². The van der Waals surface area contributed by atoms with Gasteiger partial charge in [0.05, 0.1) is 0 Å². The lowest BCUT2D eigenvalue weighted by molar-refractivity contribution is 0.174. The second-order valence-electron chi connectivity index (χ2n) is 5.14. The Kier molecular flexibility index (Phi) is 6.02. The Bertz CT molecular complexity index is 376. The summed E-state index contributed by atoms with van der Waals surface area (Å²) in [7, 11) is 0. The van der Waals surface area contributed by atoms with Crippen molar-refractivity contribution in [1.82, 2.24) is 0 Å². The third-order valence-electron chi connectivity index (χ3n) is 3.56. The summed E-state index contributed by atoms with van der Waals surface area (Å²) < 4.78 is 10.7. The molecule has 0 saturated heterocycles. The Balaban J connectivity index is 1.56. The third kappa shape index (κ3) is 4.75. The van der Waals surface area contributed by atoms with Crippen molar-refractivity contribution in [2.45, 2.75) is 51.4 Å². The zero-order chi connectivity index (χ0) is 13.3. The first-order chi connectivity index (χ1) is 9.40. The molecule has 0 bridgehead atoms. The van der Waals surface area contributed by atoms with Crippen LogP contribution in [-0.2, 0) is 6.42 Å². The molecule has 3 nitrogen and oxygen atoms in total. The van der Waals surface area contributed by atoms with Crippen LogP contribution in [0.15, 0.2) is 18.2 Å². The van der Waals surface area contributed by atoms with Gasteiger partial charge in [-0.2, -0.15) is 0 Å². The van der Waals surface area contributed by atoms with Crippen LogP contribution in [0.25, 0.3) is 0 Å². The number of aliphatic hydroxyl groups excluding tert-OH is 1. The zero-order valence-corrected chi connectivity index (χ0v) is 11.6. The van der Waals surface area contributed by atoms with Crippen molar-refractivity contribution in [3.8, 4) is 11.5 Å². The van der Waals surface area contributed by atoms with E-state index in [2.05, 4.69) is 12.1 Å². The normalized spacial score (nSPS) is 12.9. The summed E-state index contributed by atoms with van der Waals surface area (Å²) in [4.78, 5) is 0. The molecule has 1 N–H and O–H groups in total. The molecule has 1 heterocycles. The van der Waals surface area contributed by atoms with E-state index in [1.807, 2.05) is 6.07 Å². The highest BCUT2D eigenvalue weighted by molar-refractivity contribution is 5.44. The van der Waals surface area contributed by atoms with Gasteiger partial charge in [0.1, 0.15) is 0 Å². The minimum Gasteiger partial charge on any atom is -0.454 e. The molecule has 0 unspecified atom stereocenters. The molecule has 0 aromatic heterocycles. The Morgan fingerprint density at radius 3 is 2.32 bits per heavy atom. The lowest BCUT2D eigenvalue weighted by Crippen LogP contribution is -1.93. The topological polar surface area (TPSA) is 38.7 Å². The van der Waals surface area contributed by atoms with E-state index in [0.29, 0.717) is 13.4 Å². The first-order valence-electron chi connectivity index (χ1n) is 7.39. The number of ether oxygens (including phenoxy) is 2. The summed E-state index contributed by atoms with van der Waals surface area (Å²) in [6.07, 6.45) is 9.61. The Labute approximate surface area is 115 Å². The molecule has 0 atom stereocenters. The summed E-state index contributed by atoms with van der Waals surface area (Å²) in [6, 6.07) is 6.24. The maximum atomic E-state index is 8.68. The maximum absolute atomic E-state index is 8.68. The maximum Gasteiger partial charge on any atom is 0.231 e. The van der Waals surface area contributed by atoms with Crippen molar-refractivity contribution in [3.63, 3.8) is 0 Å². The molecule has 2 rings (SSSR count). The minimum atomic E-state index is 0.337. The van der Waals surface area contributed by atoms with Crippen molar-refractivity contribution in [3.05, 3.63) is 23.8 Å². The van der Waals surface area contributed by atoms with Gasteiger partial charge in [0.15, 0.2) is 11.5 Å². The summed E-state index contributed by atoms with van der Waals surface area (Å²) >= 11 is 0. The van der Waals surface area contributed by atoms with E-state index in [-0.39, 0.29) is 0 Å². The Morgan fingerprint density at radius 2 is 1.53 bits per heavy atom. The predicted octanol–water partition coefficient (Wildman–Crippen LogP) is 3.68. The molecule has 1 aromatic rings. The van der Waals surface area contributed by atoms with Gasteiger partial charge in [-0.15, -0.1) is 0 Å². The Morgan fingerprint density at radius 1 is 0.842 bits per heavy atom. The lowest BCUT2D eigenvalue weighted by Gasteiger charge is -2.04. The number of hydrogen-bond donors (Lipinski definition) is 1. The molecule has 3 heteroatoms. The van der Waals surface area contributed by atoms with E-state index in [9.17, 15) is 0 Å². The number of aryl methyl sites for hydroxylation is 1. The highest BCUT2D eigenvalue weighted by atomic mass is 16.7. The molecule has 106 valence electrons. The molecule has 0 aliphatic carbocycles. The molecule has 19 heavy (non-hydrogen) atoms. The standard InChI is InChI=1S/C16H24O3/c17-11-7-5-3-1-2-4-6-8-14-9-10-15-16(12-14)19-13-18-15/h9-10,12,17H,1-8,11,13H2. The average molecular weight is 264 g/mol. The van der Waals surface area contributed by atoms with Crippen LogP contribution in [-0.4, -0.2) is 18.5 Å². The summed E-state index contributed by atoms with van der Waals surface area (Å²) in [5.74, 6) is 1.76. The number of unbranched alkanes of at least 4 members (excludes halogenated alkanes) is 6. The molecular weight excluding hydrogens is 240 g/mol. The SMILES string of the molecule is OCCCCCCCCCc1ccc2c(c1)OCO2. The zero-order valence-electron chi connectivity index (χ0n) is 11.6. The molecule has 1 aromatic carbocycles. The van der Waals surface area contributed by atoms with Gasteiger partial charge >= 0.3 is 0 Å². The lowest BCUT2D eigenvalue weighted by atomic mass is 10.0. The van der Waals surface area contributed by atoms with E-state index in [1.165, 1.54) is 44.1 Å². The molecular formula is C16H24O3. The fourth-order valence-corrected chi connectivity index (χ4v) is 2.42. The van der Waals surface area contributed by atoms with Crippen LogP contribution in [0.4, 0.5) is 0 Å². The Hall–Kier alpha value is -1.22. The fraction of sp³-hybridized carbons (Fsp3) is 0.625. The monoisotopic (exact) mass is 264 g/mol. The summed E-state index contributed by atoms with van der Waals surface area (Å²) in [5, 5.41) is 8.68. The first kappa shape index (κ1) is 14.2. The van der Waals surface area contributed by atoms with Crippen molar-refractivity contribution in [2.24, 2.45) is 0 Å². The van der Waals surface area contributed by atoms with Crippen LogP contribution in [0.5, 0.6) is 11.5 Å². The van der Waals surface area contributed by atoms with Crippen molar-refractivity contribution < 1.29 is 14.6 Å². The van der Waals surface area contributed by atoms with Gasteiger partial charge in [0, 0.05) is 6.61 Å². The second kappa shape index (κ2) is 8.05. The number of fused-ring (bicyclic) bond motifs is 1. The quantitative estimate of drug-likeness (QED) is 0.691. The fourth-order valence-electron chi connectivity index (χ4n) is 2.42. The molecule has 0 radical (unpaired) electrons. The molecule has 0 fully saturated rings. The van der Waals surface area contributed by atoms with Gasteiger partial charge in [0.25, 0.3) is 0 Å². The largest absolute Gasteiger partial charge is 0.454 e. The number of hydrogen-bond acceptors (Lipinski definition) is 3. The summed E-state index contributed by atoms with van der Waals surface area (Å²) in [6.45, 7) is 0.691. The van der Waals surface area contributed by atoms with Crippen molar-refractivity contribution in [1.29, 1.82) is 0 Å². The van der Waals surface area contributed by atoms with E-state index in [0.717, 1.165) is 24.3 Å². The van der Waals surface area contributed by atoms with Crippen LogP contribution >= 0.6 is 0 Å². The highest BCUT2D eigenvalue weighted by Crippen LogP contribution is 2.32. The average Bonchev–Trinajstić information content (AvgIpc) is 2.89. The van der Waals surface area contributed by atoms with Crippen LogP contribution < -0.4 is 9.47 Å². The van der Waals surface area contributed by atoms with Gasteiger partial charge in [-0.05, 0) is 37.0 Å². The van der Waals surface area contributed by atoms with E-state index < -0.39 is 0 Å². The first-order valence-corrected chi connectivity index (χ1v) is 7.39. The van der Waals surface area contributed by atoms with Crippen LogP contribution in [0, 0.1) is 0 Å². The van der Waals surface area contributed by atoms with Gasteiger partial charge < -0.3 is 14.6 Å². The van der Waals surface area contributed by atoms with E-state index >= 15 is 0 Å². The van der Waals surface area contributed by atoms with E-state index in [1.54, 1.807) is 0 Å². The predicted molar refractivity (Wildman–Crippen MR) is 75.7 cm³/mol. The van der Waals surface area contributed by atoms with Crippen LogP contribution in [0.3, 0.4) is 0 Å². The van der Waals surface area contributed by atoms with Crippen molar-refractivity contribution in [2.75, 3.05) is 13.4 Å². The van der Waals surface area contributed by atoms with Gasteiger partial charge in [-0.25, -0.2) is 0 Å². The number of aliphatic hydroxyl groups is 1. The van der Waals surface area contributed by atoms with Crippen molar-refractivity contribution >= 4 is 0 Å². The molecule has 0 spiro atoms. The third-order valence-corrected chi connectivity index (χ3v) is 3.56. The molecule has 1 aliphatic rings. The molecule has 0 saturated carbocycles. The smallest absolute Gasteiger partial charge is 0.231 e. The van der Waals surface area contributed by atoms with Crippen LogP contribution in [0.2, 0.25) is 0 Å². The molecule has 1 aliphatic heterocycles. The summed E-state index contributed by atoms with van der Waals surface area (Å²) in [5.41, 5.74) is 1.34. The minimum absolute atomic E-state index is 0.337. The molecule has 0 amide bonds. The number of benzene rings is 1.